The van der Waals surface area contributed by atoms with Gasteiger partial charge in [0.25, 0.3) is 0 Å². The summed E-state index contributed by atoms with van der Waals surface area (Å²) >= 11 is 0. The van der Waals surface area contributed by atoms with Crippen molar-refractivity contribution in [3.8, 4) is 11.5 Å². The lowest BCUT2D eigenvalue weighted by molar-refractivity contribution is -0.117. The minimum Gasteiger partial charge on any atom is -0.493 e. The number of ether oxygens (including phenoxy) is 2. The monoisotopic (exact) mass is 278 g/mol. The van der Waals surface area contributed by atoms with Crippen LogP contribution in [0, 0.1) is 0 Å². The van der Waals surface area contributed by atoms with Crippen LogP contribution in [0.5, 0.6) is 11.5 Å². The third kappa shape index (κ3) is 4.59. The number of benzene rings is 1. The molecular weight excluding hydrogens is 256 g/mol. The molecule has 1 rings (SSSR count). The molecule has 0 unspecified atom stereocenters. The van der Waals surface area contributed by atoms with Crippen molar-refractivity contribution >= 4 is 12.0 Å². The molecule has 0 bridgehead atoms. The van der Waals surface area contributed by atoms with Gasteiger partial charge >= 0.3 is 0 Å². The topological polar surface area (TPSA) is 73.6 Å². The molecule has 0 saturated carbocycles. The summed E-state index contributed by atoms with van der Waals surface area (Å²) in [5.41, 5.74) is 6.00. The first kappa shape index (κ1) is 16.0. The van der Waals surface area contributed by atoms with E-state index >= 15 is 0 Å². The average molecular weight is 278 g/mol. The van der Waals surface area contributed by atoms with Crippen molar-refractivity contribution in [1.82, 2.24) is 5.32 Å². The minimum absolute atomic E-state index is 0.185. The molecule has 0 saturated heterocycles. The molecule has 110 valence electrons. The van der Waals surface area contributed by atoms with Gasteiger partial charge in [0, 0.05) is 18.2 Å². The van der Waals surface area contributed by atoms with Crippen LogP contribution in [0.15, 0.2) is 24.3 Å². The molecule has 5 nitrogen and oxygen atoms in total. The number of nitrogens with one attached hydrogen (secondary N) is 1. The summed E-state index contributed by atoms with van der Waals surface area (Å²) in [6, 6.07) is 5.44. The van der Waals surface area contributed by atoms with Gasteiger partial charge in [-0.15, -0.1) is 0 Å². The lowest BCUT2D eigenvalue weighted by atomic mass is 10.1. The predicted molar refractivity (Wildman–Crippen MR) is 79.9 cm³/mol. The number of hydrogen-bond donors (Lipinski definition) is 2. The number of rotatable bonds is 6. The summed E-state index contributed by atoms with van der Waals surface area (Å²) in [7, 11) is 3.15. The fourth-order valence-corrected chi connectivity index (χ4v) is 1.55. The summed E-state index contributed by atoms with van der Waals surface area (Å²) in [5.74, 6) is 1.09. The lowest BCUT2D eigenvalue weighted by Gasteiger charge is -2.23. The number of methoxy groups -OCH3 is 2. The fourth-order valence-electron chi connectivity index (χ4n) is 1.55. The predicted octanol–water partition coefficient (Wildman–Crippen LogP) is 1.57. The van der Waals surface area contributed by atoms with Gasteiger partial charge in [-0.25, -0.2) is 0 Å². The molecule has 20 heavy (non-hydrogen) atoms. The zero-order valence-electron chi connectivity index (χ0n) is 12.4. The van der Waals surface area contributed by atoms with E-state index in [0.717, 1.165) is 5.56 Å². The number of hydrogen-bond acceptors (Lipinski definition) is 4. The Labute approximate surface area is 119 Å². The Morgan fingerprint density at radius 2 is 1.95 bits per heavy atom. The highest BCUT2D eigenvalue weighted by molar-refractivity contribution is 5.92. The molecule has 0 aliphatic rings. The van der Waals surface area contributed by atoms with Crippen molar-refractivity contribution in [3.05, 3.63) is 29.8 Å². The van der Waals surface area contributed by atoms with Gasteiger partial charge in [0.15, 0.2) is 11.5 Å². The molecule has 5 heteroatoms. The smallest absolute Gasteiger partial charge is 0.244 e. The van der Waals surface area contributed by atoms with E-state index in [0.29, 0.717) is 18.0 Å². The number of carbonyl (C=O) groups excluding carboxylic acids is 1. The van der Waals surface area contributed by atoms with Crippen molar-refractivity contribution in [2.24, 2.45) is 5.73 Å². The molecule has 0 radical (unpaired) electrons. The quantitative estimate of drug-likeness (QED) is 0.775. The van der Waals surface area contributed by atoms with Gasteiger partial charge in [0.1, 0.15) is 0 Å². The Morgan fingerprint density at radius 1 is 1.30 bits per heavy atom. The largest absolute Gasteiger partial charge is 0.493 e. The maximum atomic E-state index is 11.8. The van der Waals surface area contributed by atoms with Crippen molar-refractivity contribution in [2.45, 2.75) is 19.4 Å². The highest BCUT2D eigenvalue weighted by atomic mass is 16.5. The van der Waals surface area contributed by atoms with Gasteiger partial charge in [-0.2, -0.15) is 0 Å². The first-order valence-electron chi connectivity index (χ1n) is 6.34. The van der Waals surface area contributed by atoms with Gasteiger partial charge in [0.2, 0.25) is 5.91 Å². The van der Waals surface area contributed by atoms with Crippen LogP contribution in [0.25, 0.3) is 6.08 Å². The van der Waals surface area contributed by atoms with Crippen LogP contribution < -0.4 is 20.5 Å². The molecule has 1 aromatic rings. The molecule has 0 fully saturated rings. The summed E-state index contributed by atoms with van der Waals surface area (Å²) in [5, 5.41) is 2.82. The Morgan fingerprint density at radius 3 is 2.50 bits per heavy atom. The Balaban J connectivity index is 2.78. The molecule has 0 atom stereocenters. The van der Waals surface area contributed by atoms with Gasteiger partial charge in [-0.05, 0) is 37.6 Å². The van der Waals surface area contributed by atoms with Crippen LogP contribution in [0.3, 0.4) is 0 Å². The molecule has 1 aromatic carbocycles. The molecule has 0 aliphatic heterocycles. The maximum Gasteiger partial charge on any atom is 0.244 e. The van der Waals surface area contributed by atoms with E-state index in [1.54, 1.807) is 32.4 Å². The van der Waals surface area contributed by atoms with E-state index in [1.807, 2.05) is 19.9 Å². The molecule has 0 heterocycles. The fraction of sp³-hybridized carbons (Fsp3) is 0.400. The first-order chi connectivity index (χ1) is 9.41. The van der Waals surface area contributed by atoms with E-state index in [4.69, 9.17) is 15.2 Å². The van der Waals surface area contributed by atoms with Gasteiger partial charge in [-0.3, -0.25) is 4.79 Å². The first-order valence-corrected chi connectivity index (χ1v) is 6.34. The lowest BCUT2D eigenvalue weighted by Crippen LogP contribution is -2.48. The molecule has 0 aromatic heterocycles. The van der Waals surface area contributed by atoms with E-state index in [1.165, 1.54) is 6.08 Å². The second kappa shape index (κ2) is 6.96. The standard InChI is InChI=1S/C15H22N2O3/c1-15(2,10-16)17-14(18)8-6-11-5-7-12(19-3)13(9-11)20-4/h5-9H,10,16H2,1-4H3,(H,17,18)/b8-6+. The summed E-state index contributed by atoms with van der Waals surface area (Å²) in [6.07, 6.45) is 3.18. The normalized spacial score (nSPS) is 11.4. The number of nitrogens with two attached hydrogens (primary N) is 1. The van der Waals surface area contributed by atoms with Crippen molar-refractivity contribution < 1.29 is 14.3 Å². The Kier molecular flexibility index (Phi) is 5.58. The minimum atomic E-state index is -0.418. The van der Waals surface area contributed by atoms with Crippen LogP contribution in [0.1, 0.15) is 19.4 Å². The maximum absolute atomic E-state index is 11.8. The van der Waals surface area contributed by atoms with Crippen LogP contribution in [-0.2, 0) is 4.79 Å². The van der Waals surface area contributed by atoms with Crippen LogP contribution >= 0.6 is 0 Å². The molecule has 0 spiro atoms. The second-order valence-corrected chi connectivity index (χ2v) is 5.03. The van der Waals surface area contributed by atoms with Crippen LogP contribution in [-0.4, -0.2) is 32.2 Å². The van der Waals surface area contributed by atoms with E-state index < -0.39 is 5.54 Å². The van der Waals surface area contributed by atoms with E-state index in [9.17, 15) is 4.79 Å². The van der Waals surface area contributed by atoms with Crippen LogP contribution in [0.4, 0.5) is 0 Å². The van der Waals surface area contributed by atoms with Gasteiger partial charge in [0.05, 0.1) is 14.2 Å². The summed E-state index contributed by atoms with van der Waals surface area (Å²) in [4.78, 5) is 11.8. The van der Waals surface area contributed by atoms with Crippen molar-refractivity contribution in [1.29, 1.82) is 0 Å². The van der Waals surface area contributed by atoms with Gasteiger partial charge < -0.3 is 20.5 Å². The molecule has 3 N–H and O–H groups in total. The van der Waals surface area contributed by atoms with Crippen molar-refractivity contribution in [3.63, 3.8) is 0 Å². The van der Waals surface area contributed by atoms with Crippen molar-refractivity contribution in [2.75, 3.05) is 20.8 Å². The Hall–Kier alpha value is -2.01. The second-order valence-electron chi connectivity index (χ2n) is 5.03. The highest BCUT2D eigenvalue weighted by Crippen LogP contribution is 2.27. The van der Waals surface area contributed by atoms with Gasteiger partial charge in [-0.1, -0.05) is 6.07 Å². The zero-order chi connectivity index (χ0) is 15.2. The molecular formula is C15H22N2O3. The number of carbonyl (C=O) groups is 1. The SMILES string of the molecule is COc1ccc(/C=C/C(=O)NC(C)(C)CN)cc1OC. The third-order valence-corrected chi connectivity index (χ3v) is 2.81. The Bertz CT molecular complexity index is 496. The highest BCUT2D eigenvalue weighted by Gasteiger charge is 2.16. The number of amides is 1. The average Bonchev–Trinajstić information content (AvgIpc) is 2.44. The third-order valence-electron chi connectivity index (χ3n) is 2.81. The summed E-state index contributed by atoms with van der Waals surface area (Å²) in [6.45, 7) is 4.12. The zero-order valence-corrected chi connectivity index (χ0v) is 12.4. The van der Waals surface area contributed by atoms with E-state index in [2.05, 4.69) is 5.32 Å². The van der Waals surface area contributed by atoms with E-state index in [-0.39, 0.29) is 5.91 Å². The summed E-state index contributed by atoms with van der Waals surface area (Å²) < 4.78 is 10.4. The molecule has 0 aliphatic carbocycles. The van der Waals surface area contributed by atoms with Crippen LogP contribution in [0.2, 0.25) is 0 Å². The molecule has 1 amide bonds.